The fourth-order valence-electron chi connectivity index (χ4n) is 3.48. The number of hydrogen-bond acceptors (Lipinski definition) is 9. The number of alkyl halides is 6. The van der Waals surface area contributed by atoms with Gasteiger partial charge in [0.2, 0.25) is 0 Å². The quantitative estimate of drug-likeness (QED) is 0.234. The van der Waals surface area contributed by atoms with Gasteiger partial charge in [0.05, 0.1) is 30.3 Å². The van der Waals surface area contributed by atoms with Gasteiger partial charge >= 0.3 is 12.4 Å². The van der Waals surface area contributed by atoms with Crippen molar-refractivity contribution in [1.29, 1.82) is 0 Å². The van der Waals surface area contributed by atoms with Crippen molar-refractivity contribution in [3.63, 3.8) is 0 Å². The lowest BCUT2D eigenvalue weighted by Gasteiger charge is -2.16. The molecule has 4 atom stereocenters. The molecule has 3 aromatic rings. The third-order valence-corrected chi connectivity index (χ3v) is 5.21. The molecule has 0 saturated carbocycles. The SMILES string of the molecule is OCC1O[C@@H](n2cnc3c(N/N=C/c4ccc(C(F)(F)F)cc4C(F)(F)F)ncnc32)[C@H](O)[C@@H]1O. The molecule has 0 radical (unpaired) electrons. The fourth-order valence-corrected chi connectivity index (χ4v) is 3.48. The molecule has 35 heavy (non-hydrogen) atoms. The molecule has 0 bridgehead atoms. The van der Waals surface area contributed by atoms with E-state index in [2.05, 4.69) is 25.5 Å². The Morgan fingerprint density at radius 1 is 1.06 bits per heavy atom. The summed E-state index contributed by atoms with van der Waals surface area (Å²) in [5.41, 5.74) is -1.09. The molecule has 188 valence electrons. The molecule has 10 nitrogen and oxygen atoms in total. The lowest BCUT2D eigenvalue weighted by Crippen LogP contribution is -2.33. The van der Waals surface area contributed by atoms with E-state index >= 15 is 0 Å². The van der Waals surface area contributed by atoms with Gasteiger partial charge in [-0.15, -0.1) is 0 Å². The molecule has 0 amide bonds. The molecule has 1 aromatic carbocycles. The number of imidazole rings is 1. The van der Waals surface area contributed by atoms with Crippen molar-refractivity contribution in [2.24, 2.45) is 5.10 Å². The second-order valence-electron chi connectivity index (χ2n) is 7.44. The molecule has 0 aliphatic carbocycles. The van der Waals surface area contributed by atoms with Crippen LogP contribution in [0.25, 0.3) is 11.2 Å². The lowest BCUT2D eigenvalue weighted by atomic mass is 10.0. The van der Waals surface area contributed by atoms with Gasteiger partial charge < -0.3 is 20.1 Å². The van der Waals surface area contributed by atoms with Crippen molar-refractivity contribution >= 4 is 23.2 Å². The number of fused-ring (bicyclic) bond motifs is 1. The van der Waals surface area contributed by atoms with Crippen LogP contribution in [-0.2, 0) is 17.1 Å². The normalized spacial score (nSPS) is 23.5. The van der Waals surface area contributed by atoms with E-state index < -0.39 is 60.2 Å². The summed E-state index contributed by atoms with van der Waals surface area (Å²) in [6, 6.07) is 1.14. The highest BCUT2D eigenvalue weighted by atomic mass is 19.4. The number of benzene rings is 1. The van der Waals surface area contributed by atoms with Gasteiger partial charge in [0.25, 0.3) is 0 Å². The number of aliphatic hydroxyl groups excluding tert-OH is 3. The van der Waals surface area contributed by atoms with E-state index in [4.69, 9.17) is 4.74 Å². The minimum Gasteiger partial charge on any atom is -0.394 e. The van der Waals surface area contributed by atoms with Crippen LogP contribution in [0.15, 0.2) is 36.0 Å². The largest absolute Gasteiger partial charge is 0.417 e. The number of aliphatic hydroxyl groups is 3. The van der Waals surface area contributed by atoms with E-state index in [0.717, 1.165) is 6.33 Å². The minimum absolute atomic E-state index is 0.00705. The number of hydrogen-bond donors (Lipinski definition) is 4. The van der Waals surface area contributed by atoms with Gasteiger partial charge in [-0.25, -0.2) is 15.0 Å². The van der Waals surface area contributed by atoms with E-state index in [1.165, 1.54) is 10.9 Å². The molecular weight excluding hydrogens is 490 g/mol. The Labute approximate surface area is 191 Å². The number of aromatic nitrogens is 4. The summed E-state index contributed by atoms with van der Waals surface area (Å²) >= 11 is 0. The number of nitrogens with zero attached hydrogens (tertiary/aromatic N) is 5. The zero-order valence-electron chi connectivity index (χ0n) is 17.2. The first-order valence-corrected chi connectivity index (χ1v) is 9.79. The average molecular weight is 506 g/mol. The Kier molecular flexibility index (Phi) is 6.39. The molecule has 1 unspecified atom stereocenters. The Morgan fingerprint density at radius 2 is 1.80 bits per heavy atom. The van der Waals surface area contributed by atoms with Gasteiger partial charge in [0, 0.05) is 5.56 Å². The third kappa shape index (κ3) is 4.77. The molecule has 0 spiro atoms. The molecule has 3 heterocycles. The first-order chi connectivity index (χ1) is 16.4. The highest BCUT2D eigenvalue weighted by molar-refractivity contribution is 5.85. The van der Waals surface area contributed by atoms with Crippen molar-refractivity contribution in [3.05, 3.63) is 47.5 Å². The van der Waals surface area contributed by atoms with Crippen LogP contribution in [0.2, 0.25) is 0 Å². The predicted octanol–water partition coefficient (Wildman–Crippen LogP) is 1.92. The summed E-state index contributed by atoms with van der Waals surface area (Å²) in [5.74, 6) is -0.0720. The summed E-state index contributed by atoms with van der Waals surface area (Å²) in [6.45, 7) is -0.554. The Hall–Kier alpha value is -3.34. The maximum atomic E-state index is 13.3. The molecule has 16 heteroatoms. The number of hydrazone groups is 1. The van der Waals surface area contributed by atoms with Crippen LogP contribution in [0.3, 0.4) is 0 Å². The third-order valence-electron chi connectivity index (χ3n) is 5.21. The van der Waals surface area contributed by atoms with Gasteiger partial charge in [0.15, 0.2) is 23.2 Å². The minimum atomic E-state index is -5.07. The smallest absolute Gasteiger partial charge is 0.394 e. The van der Waals surface area contributed by atoms with Gasteiger partial charge in [0.1, 0.15) is 24.6 Å². The van der Waals surface area contributed by atoms with Crippen molar-refractivity contribution < 1.29 is 46.4 Å². The van der Waals surface area contributed by atoms with Crippen molar-refractivity contribution in [2.45, 2.75) is 36.9 Å². The molecule has 1 aliphatic rings. The topological polar surface area (TPSA) is 138 Å². The van der Waals surface area contributed by atoms with Crippen LogP contribution in [0.4, 0.5) is 32.2 Å². The number of anilines is 1. The maximum absolute atomic E-state index is 13.3. The van der Waals surface area contributed by atoms with Crippen molar-refractivity contribution in [2.75, 3.05) is 12.0 Å². The second kappa shape index (κ2) is 9.03. The van der Waals surface area contributed by atoms with Crippen molar-refractivity contribution in [1.82, 2.24) is 19.5 Å². The van der Waals surface area contributed by atoms with Crippen LogP contribution >= 0.6 is 0 Å². The molecule has 1 saturated heterocycles. The number of rotatable bonds is 5. The zero-order valence-corrected chi connectivity index (χ0v) is 17.2. The molecule has 2 aromatic heterocycles. The van der Waals surface area contributed by atoms with Crippen LogP contribution < -0.4 is 5.43 Å². The summed E-state index contributed by atoms with van der Waals surface area (Å²) in [6.07, 6.45) is -12.1. The summed E-state index contributed by atoms with van der Waals surface area (Å²) in [4.78, 5) is 12.0. The zero-order chi connectivity index (χ0) is 25.5. The van der Waals surface area contributed by atoms with Crippen LogP contribution in [0.1, 0.15) is 22.9 Å². The summed E-state index contributed by atoms with van der Waals surface area (Å²) in [5, 5.41) is 33.0. The predicted molar refractivity (Wildman–Crippen MR) is 106 cm³/mol. The molecule has 4 rings (SSSR count). The Balaban J connectivity index is 1.61. The standard InChI is InChI=1S/C19H16F6N6O4/c20-18(21,22)9-2-1-8(10(3-9)19(23,24)25)4-29-30-15-12-16(27-6-26-15)31(7-28-12)17-14(34)13(33)11(5-32)35-17/h1-4,6-7,11,13-14,17,32-34H,5H2,(H,26,27,30)/b29-4+/t11?,13-,14-,17-/m1/s1. The Bertz CT molecular complexity index is 1250. The van der Waals surface area contributed by atoms with Crippen molar-refractivity contribution in [3.8, 4) is 0 Å². The van der Waals surface area contributed by atoms with E-state index in [1.54, 1.807) is 0 Å². The lowest BCUT2D eigenvalue weighted by molar-refractivity contribution is -0.143. The molecular formula is C19H16F6N6O4. The first-order valence-electron chi connectivity index (χ1n) is 9.79. The summed E-state index contributed by atoms with van der Waals surface area (Å²) < 4.78 is 85.0. The highest BCUT2D eigenvalue weighted by Crippen LogP contribution is 2.37. The molecule has 1 aliphatic heterocycles. The van der Waals surface area contributed by atoms with E-state index in [1.807, 2.05) is 0 Å². The van der Waals surface area contributed by atoms with E-state index in [-0.39, 0.29) is 23.0 Å². The van der Waals surface area contributed by atoms with Crippen LogP contribution in [0.5, 0.6) is 0 Å². The van der Waals surface area contributed by atoms with Crippen LogP contribution in [0, 0.1) is 0 Å². The average Bonchev–Trinajstić information content (AvgIpc) is 3.34. The van der Waals surface area contributed by atoms with Gasteiger partial charge in [-0.3, -0.25) is 9.99 Å². The maximum Gasteiger partial charge on any atom is 0.417 e. The number of ether oxygens (including phenoxy) is 1. The monoisotopic (exact) mass is 506 g/mol. The second-order valence-corrected chi connectivity index (χ2v) is 7.44. The van der Waals surface area contributed by atoms with Gasteiger partial charge in [-0.2, -0.15) is 31.4 Å². The molecule has 4 N–H and O–H groups in total. The molecule has 1 fully saturated rings. The fraction of sp³-hybridized carbons (Fsp3) is 0.368. The van der Waals surface area contributed by atoms with Gasteiger partial charge in [-0.1, -0.05) is 6.07 Å². The highest BCUT2D eigenvalue weighted by Gasteiger charge is 2.44. The van der Waals surface area contributed by atoms with E-state index in [0.29, 0.717) is 18.3 Å². The van der Waals surface area contributed by atoms with Crippen LogP contribution in [-0.4, -0.2) is 66.0 Å². The first kappa shape index (κ1) is 24.8. The summed E-state index contributed by atoms with van der Waals surface area (Å²) in [7, 11) is 0. The number of halogens is 6. The Morgan fingerprint density at radius 3 is 2.43 bits per heavy atom. The number of nitrogens with one attached hydrogen (secondary N) is 1. The van der Waals surface area contributed by atoms with E-state index in [9.17, 15) is 41.7 Å². The van der Waals surface area contributed by atoms with Gasteiger partial charge in [-0.05, 0) is 12.1 Å².